The van der Waals surface area contributed by atoms with Crippen LogP contribution < -0.4 is 9.47 Å². The van der Waals surface area contributed by atoms with Crippen molar-refractivity contribution < 1.29 is 14.6 Å². The molecule has 0 heterocycles. The quantitative estimate of drug-likeness (QED) is 0.882. The Labute approximate surface area is 132 Å². The van der Waals surface area contributed by atoms with E-state index in [9.17, 15) is 5.11 Å². The van der Waals surface area contributed by atoms with Crippen LogP contribution in [0, 0.1) is 0 Å². The van der Waals surface area contributed by atoms with Crippen molar-refractivity contribution in [3.8, 4) is 11.5 Å². The van der Waals surface area contributed by atoms with Crippen molar-refractivity contribution in [2.45, 2.75) is 32.3 Å². The Morgan fingerprint density at radius 2 is 1.32 bits per heavy atom. The standard InChI is InChI=1S/C19H24O3/c1-19(2,3)15-9-11-18(12-10-15)22-14-16(20)13-21-17-7-5-4-6-8-17/h4-12,16,20H,13-14H2,1-3H3. The summed E-state index contributed by atoms with van der Waals surface area (Å²) in [6.45, 7) is 6.94. The maximum atomic E-state index is 9.91. The van der Waals surface area contributed by atoms with Gasteiger partial charge >= 0.3 is 0 Å². The van der Waals surface area contributed by atoms with Gasteiger partial charge < -0.3 is 14.6 Å². The molecular formula is C19H24O3. The molecule has 0 amide bonds. The Morgan fingerprint density at radius 1 is 0.818 bits per heavy atom. The second kappa shape index (κ2) is 7.32. The third-order valence-electron chi connectivity index (χ3n) is 3.35. The number of hydrogen-bond donors (Lipinski definition) is 1. The molecule has 1 atom stereocenters. The molecule has 3 heteroatoms. The minimum absolute atomic E-state index is 0.127. The molecule has 22 heavy (non-hydrogen) atoms. The topological polar surface area (TPSA) is 38.7 Å². The maximum absolute atomic E-state index is 9.91. The highest BCUT2D eigenvalue weighted by Crippen LogP contribution is 2.24. The lowest BCUT2D eigenvalue weighted by Crippen LogP contribution is -2.25. The van der Waals surface area contributed by atoms with Gasteiger partial charge in [-0.3, -0.25) is 0 Å². The van der Waals surface area contributed by atoms with Crippen LogP contribution in [0.2, 0.25) is 0 Å². The molecule has 2 rings (SSSR count). The predicted octanol–water partition coefficient (Wildman–Crippen LogP) is 3.80. The monoisotopic (exact) mass is 300 g/mol. The first-order valence-corrected chi connectivity index (χ1v) is 7.54. The Bertz CT molecular complexity index is 555. The highest BCUT2D eigenvalue weighted by Gasteiger charge is 2.13. The smallest absolute Gasteiger partial charge is 0.122 e. The molecule has 0 radical (unpaired) electrons. The number of aliphatic hydroxyl groups excluding tert-OH is 1. The minimum Gasteiger partial charge on any atom is -0.491 e. The third kappa shape index (κ3) is 5.08. The number of para-hydroxylation sites is 1. The molecule has 0 saturated carbocycles. The van der Waals surface area contributed by atoms with Crippen LogP contribution in [-0.2, 0) is 5.41 Å². The van der Waals surface area contributed by atoms with Crippen molar-refractivity contribution in [1.29, 1.82) is 0 Å². The van der Waals surface area contributed by atoms with Gasteiger partial charge in [-0.05, 0) is 35.2 Å². The van der Waals surface area contributed by atoms with E-state index in [-0.39, 0.29) is 18.6 Å². The summed E-state index contributed by atoms with van der Waals surface area (Å²) >= 11 is 0. The predicted molar refractivity (Wildman–Crippen MR) is 88.6 cm³/mol. The van der Waals surface area contributed by atoms with Crippen LogP contribution in [0.15, 0.2) is 54.6 Å². The molecule has 2 aromatic rings. The lowest BCUT2D eigenvalue weighted by atomic mass is 9.87. The molecule has 0 aliphatic carbocycles. The van der Waals surface area contributed by atoms with Crippen molar-refractivity contribution in [1.82, 2.24) is 0 Å². The van der Waals surface area contributed by atoms with Crippen LogP contribution in [0.5, 0.6) is 11.5 Å². The lowest BCUT2D eigenvalue weighted by molar-refractivity contribution is 0.0626. The van der Waals surface area contributed by atoms with Gasteiger partial charge in [0, 0.05) is 0 Å². The zero-order valence-corrected chi connectivity index (χ0v) is 13.5. The summed E-state index contributed by atoms with van der Waals surface area (Å²) in [5.41, 5.74) is 1.38. The van der Waals surface area contributed by atoms with E-state index in [2.05, 4.69) is 32.9 Å². The molecule has 118 valence electrons. The molecule has 1 unspecified atom stereocenters. The molecule has 1 N–H and O–H groups in total. The summed E-state index contributed by atoms with van der Waals surface area (Å²) in [7, 11) is 0. The fourth-order valence-electron chi connectivity index (χ4n) is 2.00. The van der Waals surface area contributed by atoms with Crippen molar-refractivity contribution in [3.05, 3.63) is 60.2 Å². The summed E-state index contributed by atoms with van der Waals surface area (Å²) < 4.78 is 11.1. The highest BCUT2D eigenvalue weighted by molar-refractivity contribution is 5.31. The van der Waals surface area contributed by atoms with E-state index in [1.807, 2.05) is 42.5 Å². The molecule has 0 bridgehead atoms. The normalized spacial score (nSPS) is 12.7. The molecular weight excluding hydrogens is 276 g/mol. The molecule has 3 nitrogen and oxygen atoms in total. The maximum Gasteiger partial charge on any atom is 0.122 e. The van der Waals surface area contributed by atoms with Crippen LogP contribution >= 0.6 is 0 Å². The summed E-state index contributed by atoms with van der Waals surface area (Å²) in [4.78, 5) is 0. The van der Waals surface area contributed by atoms with Crippen LogP contribution in [0.1, 0.15) is 26.3 Å². The van der Waals surface area contributed by atoms with Crippen molar-refractivity contribution in [2.24, 2.45) is 0 Å². The fraction of sp³-hybridized carbons (Fsp3) is 0.368. The van der Waals surface area contributed by atoms with Crippen molar-refractivity contribution >= 4 is 0 Å². The molecule has 0 saturated heterocycles. The zero-order valence-electron chi connectivity index (χ0n) is 13.5. The SMILES string of the molecule is CC(C)(C)c1ccc(OCC(O)COc2ccccc2)cc1. The average Bonchev–Trinajstić information content (AvgIpc) is 2.51. The third-order valence-corrected chi connectivity index (χ3v) is 3.35. The average molecular weight is 300 g/mol. The number of hydrogen-bond acceptors (Lipinski definition) is 3. The first-order chi connectivity index (χ1) is 10.4. The van der Waals surface area contributed by atoms with Crippen LogP contribution in [0.3, 0.4) is 0 Å². The van der Waals surface area contributed by atoms with Gasteiger partial charge in [-0.25, -0.2) is 0 Å². The Morgan fingerprint density at radius 3 is 1.82 bits per heavy atom. The van der Waals surface area contributed by atoms with Gasteiger partial charge in [0.1, 0.15) is 30.8 Å². The summed E-state index contributed by atoms with van der Waals surface area (Å²) in [5, 5.41) is 9.91. The number of ether oxygens (including phenoxy) is 2. The molecule has 2 aromatic carbocycles. The molecule has 0 aliphatic heterocycles. The second-order valence-electron chi connectivity index (χ2n) is 6.36. The summed E-state index contributed by atoms with van der Waals surface area (Å²) in [5.74, 6) is 1.50. The van der Waals surface area contributed by atoms with E-state index in [1.54, 1.807) is 0 Å². The Kier molecular flexibility index (Phi) is 5.45. The van der Waals surface area contributed by atoms with E-state index in [4.69, 9.17) is 9.47 Å². The molecule has 0 spiro atoms. The van der Waals surface area contributed by atoms with E-state index >= 15 is 0 Å². The van der Waals surface area contributed by atoms with Crippen LogP contribution in [-0.4, -0.2) is 24.4 Å². The van der Waals surface area contributed by atoms with E-state index in [0.717, 1.165) is 11.5 Å². The zero-order chi connectivity index (χ0) is 16.0. The Balaban J connectivity index is 1.77. The van der Waals surface area contributed by atoms with Gasteiger partial charge in [0.2, 0.25) is 0 Å². The first kappa shape index (κ1) is 16.4. The van der Waals surface area contributed by atoms with Gasteiger partial charge in [-0.2, -0.15) is 0 Å². The van der Waals surface area contributed by atoms with Crippen LogP contribution in [0.25, 0.3) is 0 Å². The van der Waals surface area contributed by atoms with E-state index in [0.29, 0.717) is 0 Å². The summed E-state index contributed by atoms with van der Waals surface area (Å²) in [6.07, 6.45) is -0.664. The van der Waals surface area contributed by atoms with Crippen molar-refractivity contribution in [2.75, 3.05) is 13.2 Å². The highest BCUT2D eigenvalue weighted by atomic mass is 16.5. The number of benzene rings is 2. The van der Waals surface area contributed by atoms with E-state index < -0.39 is 6.10 Å². The van der Waals surface area contributed by atoms with Gasteiger partial charge in [-0.1, -0.05) is 51.1 Å². The number of rotatable bonds is 6. The van der Waals surface area contributed by atoms with Gasteiger partial charge in [-0.15, -0.1) is 0 Å². The first-order valence-electron chi connectivity index (χ1n) is 7.54. The molecule has 0 aromatic heterocycles. The molecule has 0 aliphatic rings. The molecule has 0 fully saturated rings. The number of aliphatic hydroxyl groups is 1. The fourth-order valence-corrected chi connectivity index (χ4v) is 2.00. The Hall–Kier alpha value is -2.00. The summed E-state index contributed by atoms with van der Waals surface area (Å²) in [6, 6.07) is 17.4. The van der Waals surface area contributed by atoms with Gasteiger partial charge in [0.15, 0.2) is 0 Å². The van der Waals surface area contributed by atoms with Gasteiger partial charge in [0.25, 0.3) is 0 Å². The minimum atomic E-state index is -0.664. The van der Waals surface area contributed by atoms with E-state index in [1.165, 1.54) is 5.56 Å². The second-order valence-corrected chi connectivity index (χ2v) is 6.36. The van der Waals surface area contributed by atoms with Crippen molar-refractivity contribution in [3.63, 3.8) is 0 Å². The largest absolute Gasteiger partial charge is 0.491 e. The lowest BCUT2D eigenvalue weighted by Gasteiger charge is -2.19. The van der Waals surface area contributed by atoms with Crippen LogP contribution in [0.4, 0.5) is 0 Å². The van der Waals surface area contributed by atoms with Gasteiger partial charge in [0.05, 0.1) is 0 Å².